The highest BCUT2D eigenvalue weighted by molar-refractivity contribution is 5.70. The fraction of sp³-hybridized carbons (Fsp3) is 0.333. The van der Waals surface area contributed by atoms with E-state index in [4.69, 9.17) is 4.74 Å². The Labute approximate surface area is 118 Å². The van der Waals surface area contributed by atoms with Crippen molar-refractivity contribution in [1.29, 1.82) is 0 Å². The highest BCUT2D eigenvalue weighted by Gasteiger charge is 2.12. The maximum Gasteiger partial charge on any atom is 0.223 e. The van der Waals surface area contributed by atoms with Gasteiger partial charge in [0.15, 0.2) is 0 Å². The summed E-state index contributed by atoms with van der Waals surface area (Å²) < 4.78 is 18.8. The molecule has 106 valence electrons. The van der Waals surface area contributed by atoms with Crippen LogP contribution < -0.4 is 10.1 Å². The molecule has 0 saturated carbocycles. The Kier molecular flexibility index (Phi) is 4.50. The largest absolute Gasteiger partial charge is 0.496 e. The minimum absolute atomic E-state index is 0.318. The van der Waals surface area contributed by atoms with Gasteiger partial charge in [-0.25, -0.2) is 14.4 Å². The summed E-state index contributed by atoms with van der Waals surface area (Å²) in [6.07, 6.45) is 2.71. The van der Waals surface area contributed by atoms with Gasteiger partial charge in [0.2, 0.25) is 5.95 Å². The van der Waals surface area contributed by atoms with Crippen LogP contribution in [0.1, 0.15) is 18.9 Å². The molecule has 0 saturated heterocycles. The molecule has 0 aliphatic heterocycles. The number of hydrogen-bond donors (Lipinski definition) is 1. The van der Waals surface area contributed by atoms with Crippen LogP contribution in [0.2, 0.25) is 0 Å². The fourth-order valence-electron chi connectivity index (χ4n) is 1.90. The fourth-order valence-corrected chi connectivity index (χ4v) is 1.90. The van der Waals surface area contributed by atoms with Crippen LogP contribution in [0.25, 0.3) is 11.3 Å². The van der Waals surface area contributed by atoms with E-state index in [0.717, 1.165) is 18.5 Å². The average molecular weight is 275 g/mol. The number of hydrogen-bond acceptors (Lipinski definition) is 4. The minimum atomic E-state index is -0.318. The van der Waals surface area contributed by atoms with E-state index < -0.39 is 0 Å². The Balaban J connectivity index is 2.48. The van der Waals surface area contributed by atoms with E-state index in [9.17, 15) is 4.39 Å². The van der Waals surface area contributed by atoms with E-state index in [0.29, 0.717) is 23.0 Å². The molecule has 1 N–H and O–H groups in total. The molecule has 1 heterocycles. The second-order valence-electron chi connectivity index (χ2n) is 4.50. The second-order valence-corrected chi connectivity index (χ2v) is 4.50. The first-order valence-corrected chi connectivity index (χ1v) is 6.57. The first-order valence-electron chi connectivity index (χ1n) is 6.57. The van der Waals surface area contributed by atoms with E-state index in [1.807, 2.05) is 6.92 Å². The van der Waals surface area contributed by atoms with Gasteiger partial charge in [-0.15, -0.1) is 0 Å². The van der Waals surface area contributed by atoms with Gasteiger partial charge in [0, 0.05) is 18.3 Å². The van der Waals surface area contributed by atoms with Crippen LogP contribution in [0.5, 0.6) is 5.75 Å². The summed E-state index contributed by atoms with van der Waals surface area (Å²) in [5, 5.41) is 3.13. The number of nitrogens with one attached hydrogen (secondary N) is 1. The molecular weight excluding hydrogens is 257 g/mol. The zero-order valence-electron chi connectivity index (χ0n) is 11.9. The van der Waals surface area contributed by atoms with Crippen molar-refractivity contribution in [3.8, 4) is 17.0 Å². The third-order valence-electron chi connectivity index (χ3n) is 2.92. The molecule has 2 rings (SSSR count). The van der Waals surface area contributed by atoms with Crippen molar-refractivity contribution >= 4 is 5.95 Å². The van der Waals surface area contributed by atoms with Crippen LogP contribution in [0.15, 0.2) is 24.4 Å². The summed E-state index contributed by atoms with van der Waals surface area (Å²) in [5.74, 6) is 0.815. The lowest BCUT2D eigenvalue weighted by molar-refractivity contribution is 0.415. The number of anilines is 1. The molecule has 1 aromatic carbocycles. The van der Waals surface area contributed by atoms with Crippen molar-refractivity contribution in [2.45, 2.75) is 20.3 Å². The maximum atomic E-state index is 13.5. The Bertz CT molecular complexity index is 602. The van der Waals surface area contributed by atoms with Crippen molar-refractivity contribution in [2.24, 2.45) is 0 Å². The highest BCUT2D eigenvalue weighted by Crippen LogP contribution is 2.31. The van der Waals surface area contributed by atoms with Crippen LogP contribution in [0.3, 0.4) is 0 Å². The standard InChI is InChI=1S/C15H18FN3O/c1-4-7-17-15-18-9-10(2)14(19-15)12-8-11(16)5-6-13(12)20-3/h5-6,8-9H,4,7H2,1-3H3,(H,17,18,19). The Hall–Kier alpha value is -2.17. The lowest BCUT2D eigenvalue weighted by Gasteiger charge is -2.12. The molecule has 2 aromatic rings. The number of methoxy groups -OCH3 is 1. The number of rotatable bonds is 5. The first-order chi connectivity index (χ1) is 9.65. The molecule has 0 amide bonds. The third-order valence-corrected chi connectivity index (χ3v) is 2.92. The topological polar surface area (TPSA) is 47.0 Å². The lowest BCUT2D eigenvalue weighted by atomic mass is 10.1. The molecule has 0 aliphatic rings. The summed E-state index contributed by atoms with van der Waals surface area (Å²) in [6.45, 7) is 4.75. The zero-order valence-corrected chi connectivity index (χ0v) is 11.9. The molecule has 0 fully saturated rings. The van der Waals surface area contributed by atoms with Crippen LogP contribution in [0, 0.1) is 12.7 Å². The van der Waals surface area contributed by atoms with Crippen LogP contribution in [-0.4, -0.2) is 23.6 Å². The van der Waals surface area contributed by atoms with Gasteiger partial charge in [-0.05, 0) is 37.1 Å². The van der Waals surface area contributed by atoms with Gasteiger partial charge >= 0.3 is 0 Å². The lowest BCUT2D eigenvalue weighted by Crippen LogP contribution is -2.06. The smallest absolute Gasteiger partial charge is 0.223 e. The van der Waals surface area contributed by atoms with Gasteiger partial charge < -0.3 is 10.1 Å². The second kappa shape index (κ2) is 6.32. The van der Waals surface area contributed by atoms with Gasteiger partial charge in [0.25, 0.3) is 0 Å². The van der Waals surface area contributed by atoms with Crippen LogP contribution in [0.4, 0.5) is 10.3 Å². The Morgan fingerprint density at radius 2 is 2.15 bits per heavy atom. The van der Waals surface area contributed by atoms with Crippen LogP contribution in [-0.2, 0) is 0 Å². The van der Waals surface area contributed by atoms with E-state index in [2.05, 4.69) is 22.2 Å². The third kappa shape index (κ3) is 3.04. The molecule has 0 aliphatic carbocycles. The summed E-state index contributed by atoms with van der Waals surface area (Å²) >= 11 is 0. The van der Waals surface area contributed by atoms with Gasteiger partial charge in [0.1, 0.15) is 11.6 Å². The van der Waals surface area contributed by atoms with Crippen molar-refractivity contribution in [2.75, 3.05) is 19.0 Å². The normalized spacial score (nSPS) is 10.4. The van der Waals surface area contributed by atoms with Gasteiger partial charge in [-0.2, -0.15) is 0 Å². The number of halogens is 1. The van der Waals surface area contributed by atoms with E-state index in [1.54, 1.807) is 19.4 Å². The highest BCUT2D eigenvalue weighted by atomic mass is 19.1. The van der Waals surface area contributed by atoms with Gasteiger partial charge in [-0.3, -0.25) is 0 Å². The van der Waals surface area contributed by atoms with Gasteiger partial charge in [-0.1, -0.05) is 6.92 Å². The van der Waals surface area contributed by atoms with Crippen LogP contribution >= 0.6 is 0 Å². The number of benzene rings is 1. The quantitative estimate of drug-likeness (QED) is 0.908. The number of ether oxygens (including phenoxy) is 1. The predicted molar refractivity (Wildman–Crippen MR) is 77.5 cm³/mol. The average Bonchev–Trinajstić information content (AvgIpc) is 2.46. The zero-order chi connectivity index (χ0) is 14.5. The minimum Gasteiger partial charge on any atom is -0.496 e. The molecular formula is C15H18FN3O. The van der Waals surface area contributed by atoms with Crippen molar-refractivity contribution < 1.29 is 9.13 Å². The first kappa shape index (κ1) is 14.2. The van der Waals surface area contributed by atoms with Crippen molar-refractivity contribution in [3.63, 3.8) is 0 Å². The molecule has 0 unspecified atom stereocenters. The Morgan fingerprint density at radius 3 is 2.85 bits per heavy atom. The molecule has 5 heteroatoms. The monoisotopic (exact) mass is 275 g/mol. The molecule has 0 spiro atoms. The molecule has 20 heavy (non-hydrogen) atoms. The number of aromatic nitrogens is 2. The number of nitrogens with zero attached hydrogens (tertiary/aromatic N) is 2. The maximum absolute atomic E-state index is 13.5. The summed E-state index contributed by atoms with van der Waals surface area (Å²) in [7, 11) is 1.56. The number of aryl methyl sites for hydroxylation is 1. The van der Waals surface area contributed by atoms with Crippen molar-refractivity contribution in [1.82, 2.24) is 9.97 Å². The van der Waals surface area contributed by atoms with E-state index in [-0.39, 0.29) is 5.82 Å². The molecule has 4 nitrogen and oxygen atoms in total. The summed E-state index contributed by atoms with van der Waals surface area (Å²) in [4.78, 5) is 8.68. The SMILES string of the molecule is CCCNc1ncc(C)c(-c2cc(F)ccc2OC)n1. The summed E-state index contributed by atoms with van der Waals surface area (Å²) in [6, 6.07) is 4.40. The van der Waals surface area contributed by atoms with E-state index >= 15 is 0 Å². The molecule has 0 radical (unpaired) electrons. The van der Waals surface area contributed by atoms with Gasteiger partial charge in [0.05, 0.1) is 12.8 Å². The summed E-state index contributed by atoms with van der Waals surface area (Å²) in [5.41, 5.74) is 2.18. The molecule has 0 bridgehead atoms. The Morgan fingerprint density at radius 1 is 1.35 bits per heavy atom. The predicted octanol–water partition coefficient (Wildman–Crippen LogP) is 3.42. The molecule has 1 aromatic heterocycles. The van der Waals surface area contributed by atoms with E-state index in [1.165, 1.54) is 12.1 Å². The van der Waals surface area contributed by atoms with Crippen molar-refractivity contribution in [3.05, 3.63) is 35.8 Å². The molecule has 0 atom stereocenters.